The molecule has 0 saturated carbocycles. The first-order valence-electron chi connectivity index (χ1n) is 8.30. The Labute approximate surface area is 128 Å². The molecule has 2 aliphatic heterocycles. The number of piperazine rings is 1. The minimum absolute atomic E-state index is 0.259. The van der Waals surface area contributed by atoms with Gasteiger partial charge in [-0.15, -0.1) is 0 Å². The molecule has 2 fully saturated rings. The van der Waals surface area contributed by atoms with Crippen molar-refractivity contribution in [1.29, 1.82) is 0 Å². The molecule has 122 valence electrons. The van der Waals surface area contributed by atoms with E-state index < -0.39 is 0 Å². The van der Waals surface area contributed by atoms with Crippen LogP contribution < -0.4 is 5.73 Å². The standard InChI is InChI=1S/C15H30N4O2/c16-4-2-1-3-5-17-6-8-18(9-7-17)14-15(20)19-10-12-21-13-11-19/h1-14,16H2. The zero-order valence-corrected chi connectivity index (χ0v) is 13.1. The Morgan fingerprint density at radius 1 is 0.905 bits per heavy atom. The van der Waals surface area contributed by atoms with E-state index in [1.807, 2.05) is 4.90 Å². The molecule has 2 aliphatic rings. The Morgan fingerprint density at radius 3 is 2.24 bits per heavy atom. The summed E-state index contributed by atoms with van der Waals surface area (Å²) in [7, 11) is 0. The minimum atomic E-state index is 0.259. The quantitative estimate of drug-likeness (QED) is 0.648. The van der Waals surface area contributed by atoms with Gasteiger partial charge in [0, 0.05) is 39.3 Å². The smallest absolute Gasteiger partial charge is 0.236 e. The van der Waals surface area contributed by atoms with E-state index in [1.54, 1.807) is 0 Å². The molecule has 0 radical (unpaired) electrons. The summed E-state index contributed by atoms with van der Waals surface area (Å²) in [5.41, 5.74) is 5.51. The molecule has 0 spiro atoms. The van der Waals surface area contributed by atoms with Crippen molar-refractivity contribution in [2.45, 2.75) is 19.3 Å². The highest BCUT2D eigenvalue weighted by Crippen LogP contribution is 2.06. The number of unbranched alkanes of at least 4 members (excludes halogenated alkanes) is 2. The van der Waals surface area contributed by atoms with Crippen molar-refractivity contribution in [3.63, 3.8) is 0 Å². The van der Waals surface area contributed by atoms with Crippen LogP contribution in [0.25, 0.3) is 0 Å². The number of ether oxygens (including phenoxy) is 1. The van der Waals surface area contributed by atoms with E-state index in [4.69, 9.17) is 10.5 Å². The van der Waals surface area contributed by atoms with Crippen LogP contribution in [0.15, 0.2) is 0 Å². The Hall–Kier alpha value is -0.690. The molecule has 1 amide bonds. The van der Waals surface area contributed by atoms with Crippen LogP contribution in [0.5, 0.6) is 0 Å². The highest BCUT2D eigenvalue weighted by molar-refractivity contribution is 5.78. The summed E-state index contributed by atoms with van der Waals surface area (Å²) in [6, 6.07) is 0. The van der Waals surface area contributed by atoms with Crippen LogP contribution in [0.3, 0.4) is 0 Å². The van der Waals surface area contributed by atoms with E-state index in [-0.39, 0.29) is 5.91 Å². The topological polar surface area (TPSA) is 62.0 Å². The Kier molecular flexibility index (Phi) is 7.43. The molecule has 2 rings (SSSR count). The van der Waals surface area contributed by atoms with Crippen molar-refractivity contribution in [3.05, 3.63) is 0 Å². The third-order valence-electron chi connectivity index (χ3n) is 4.37. The van der Waals surface area contributed by atoms with Gasteiger partial charge in [-0.1, -0.05) is 6.42 Å². The highest BCUT2D eigenvalue weighted by Gasteiger charge is 2.22. The van der Waals surface area contributed by atoms with Crippen LogP contribution in [-0.4, -0.2) is 92.7 Å². The number of nitrogens with zero attached hydrogens (tertiary/aromatic N) is 3. The van der Waals surface area contributed by atoms with E-state index in [2.05, 4.69) is 9.80 Å². The largest absolute Gasteiger partial charge is 0.378 e. The number of carbonyl (C=O) groups is 1. The first-order chi connectivity index (χ1) is 10.3. The lowest BCUT2D eigenvalue weighted by Gasteiger charge is -2.36. The average Bonchev–Trinajstić information content (AvgIpc) is 2.54. The summed E-state index contributed by atoms with van der Waals surface area (Å²) in [6.45, 7) is 9.59. The van der Waals surface area contributed by atoms with Gasteiger partial charge in [-0.3, -0.25) is 9.69 Å². The molecule has 0 aromatic heterocycles. The first-order valence-corrected chi connectivity index (χ1v) is 8.30. The molecule has 0 aliphatic carbocycles. The molecule has 0 aromatic carbocycles. The third-order valence-corrected chi connectivity index (χ3v) is 4.37. The lowest BCUT2D eigenvalue weighted by Crippen LogP contribution is -2.51. The molecule has 2 heterocycles. The van der Waals surface area contributed by atoms with E-state index in [0.29, 0.717) is 19.8 Å². The SMILES string of the molecule is NCCCCCN1CCN(CC(=O)N2CCOCC2)CC1. The molecular formula is C15H30N4O2. The number of morpholine rings is 1. The molecule has 0 aromatic rings. The number of carbonyl (C=O) groups excluding carboxylic acids is 1. The fraction of sp³-hybridized carbons (Fsp3) is 0.933. The molecule has 2 saturated heterocycles. The lowest BCUT2D eigenvalue weighted by molar-refractivity contribution is -0.136. The highest BCUT2D eigenvalue weighted by atomic mass is 16.5. The van der Waals surface area contributed by atoms with Crippen molar-refractivity contribution >= 4 is 5.91 Å². The maximum Gasteiger partial charge on any atom is 0.236 e. The maximum absolute atomic E-state index is 12.2. The fourth-order valence-electron chi connectivity index (χ4n) is 2.93. The summed E-state index contributed by atoms with van der Waals surface area (Å²) in [6.07, 6.45) is 3.60. The van der Waals surface area contributed by atoms with Crippen molar-refractivity contribution in [2.24, 2.45) is 5.73 Å². The lowest BCUT2D eigenvalue weighted by atomic mass is 10.2. The van der Waals surface area contributed by atoms with Crippen LogP contribution in [0.1, 0.15) is 19.3 Å². The second kappa shape index (κ2) is 9.35. The van der Waals surface area contributed by atoms with E-state index in [9.17, 15) is 4.79 Å². The second-order valence-corrected chi connectivity index (χ2v) is 5.96. The summed E-state index contributed by atoms with van der Waals surface area (Å²) < 4.78 is 5.29. The molecule has 0 atom stereocenters. The molecule has 2 N–H and O–H groups in total. The van der Waals surface area contributed by atoms with Crippen molar-refractivity contribution < 1.29 is 9.53 Å². The number of hydrogen-bond donors (Lipinski definition) is 1. The third kappa shape index (κ3) is 5.90. The van der Waals surface area contributed by atoms with Crippen molar-refractivity contribution in [3.8, 4) is 0 Å². The average molecular weight is 298 g/mol. The summed E-state index contributed by atoms with van der Waals surface area (Å²) in [4.78, 5) is 18.9. The van der Waals surface area contributed by atoms with Crippen LogP contribution in [0, 0.1) is 0 Å². The van der Waals surface area contributed by atoms with E-state index in [1.165, 1.54) is 19.4 Å². The Balaban J connectivity index is 1.59. The van der Waals surface area contributed by atoms with Gasteiger partial charge >= 0.3 is 0 Å². The molecular weight excluding hydrogens is 268 g/mol. The van der Waals surface area contributed by atoms with Gasteiger partial charge < -0.3 is 20.3 Å². The van der Waals surface area contributed by atoms with Crippen LogP contribution in [0.2, 0.25) is 0 Å². The Bertz CT molecular complexity index is 300. The maximum atomic E-state index is 12.2. The van der Waals surface area contributed by atoms with Gasteiger partial charge in [-0.2, -0.15) is 0 Å². The number of nitrogens with two attached hydrogens (primary N) is 1. The molecule has 21 heavy (non-hydrogen) atoms. The zero-order valence-electron chi connectivity index (χ0n) is 13.1. The predicted octanol–water partition coefficient (Wildman–Crippen LogP) is -0.408. The van der Waals surface area contributed by atoms with Gasteiger partial charge in [-0.05, 0) is 25.9 Å². The summed E-state index contributed by atoms with van der Waals surface area (Å²) >= 11 is 0. The van der Waals surface area contributed by atoms with Crippen LogP contribution in [0.4, 0.5) is 0 Å². The Morgan fingerprint density at radius 2 is 1.57 bits per heavy atom. The van der Waals surface area contributed by atoms with E-state index >= 15 is 0 Å². The van der Waals surface area contributed by atoms with Gasteiger partial charge in [0.1, 0.15) is 0 Å². The molecule has 0 bridgehead atoms. The van der Waals surface area contributed by atoms with Gasteiger partial charge in [0.05, 0.1) is 19.8 Å². The fourth-order valence-corrected chi connectivity index (χ4v) is 2.93. The molecule has 0 unspecified atom stereocenters. The summed E-state index contributed by atoms with van der Waals surface area (Å²) in [5, 5.41) is 0. The number of amides is 1. The van der Waals surface area contributed by atoms with Gasteiger partial charge in [0.2, 0.25) is 5.91 Å². The van der Waals surface area contributed by atoms with Gasteiger partial charge in [0.25, 0.3) is 0 Å². The molecule has 6 nitrogen and oxygen atoms in total. The normalized spacial score (nSPS) is 21.7. The van der Waals surface area contributed by atoms with Crippen molar-refractivity contribution in [2.75, 3.05) is 72.1 Å². The van der Waals surface area contributed by atoms with Gasteiger partial charge in [-0.25, -0.2) is 0 Å². The minimum Gasteiger partial charge on any atom is -0.378 e. The van der Waals surface area contributed by atoms with Crippen molar-refractivity contribution in [1.82, 2.24) is 14.7 Å². The predicted molar refractivity (Wildman–Crippen MR) is 83.2 cm³/mol. The van der Waals surface area contributed by atoms with E-state index in [0.717, 1.165) is 52.2 Å². The van der Waals surface area contributed by atoms with Crippen LogP contribution in [-0.2, 0) is 9.53 Å². The number of hydrogen-bond acceptors (Lipinski definition) is 5. The van der Waals surface area contributed by atoms with Gasteiger partial charge in [0.15, 0.2) is 0 Å². The number of rotatable bonds is 7. The molecule has 6 heteroatoms. The zero-order chi connectivity index (χ0) is 14.9. The monoisotopic (exact) mass is 298 g/mol. The first kappa shape index (κ1) is 16.7. The van der Waals surface area contributed by atoms with Crippen LogP contribution >= 0.6 is 0 Å². The second-order valence-electron chi connectivity index (χ2n) is 5.96. The summed E-state index contributed by atoms with van der Waals surface area (Å²) in [5.74, 6) is 0.259.